The molecular formula is C18H27NO4. The number of methoxy groups -OCH3 is 1. The molecule has 0 heterocycles. The molecule has 128 valence electrons. The Labute approximate surface area is 138 Å². The quantitative estimate of drug-likeness (QED) is 0.752. The Balaban J connectivity index is 2.89. The summed E-state index contributed by atoms with van der Waals surface area (Å²) in [5.41, 5.74) is 3.10. The van der Waals surface area contributed by atoms with Crippen LogP contribution < -0.4 is 5.32 Å². The summed E-state index contributed by atoms with van der Waals surface area (Å²) < 4.78 is 4.79. The number of hydrogen-bond donors (Lipinski definition) is 2. The fraction of sp³-hybridized carbons (Fsp3) is 0.556. The predicted octanol–water partition coefficient (Wildman–Crippen LogP) is 1.91. The van der Waals surface area contributed by atoms with Crippen molar-refractivity contribution in [2.75, 3.05) is 7.11 Å². The Morgan fingerprint density at radius 2 is 1.78 bits per heavy atom. The lowest BCUT2D eigenvalue weighted by molar-refractivity contribution is -0.146. The van der Waals surface area contributed by atoms with Crippen LogP contribution in [0.4, 0.5) is 0 Å². The van der Waals surface area contributed by atoms with Gasteiger partial charge in [0.05, 0.1) is 7.11 Å². The molecule has 0 spiro atoms. The van der Waals surface area contributed by atoms with Crippen LogP contribution in [0.2, 0.25) is 0 Å². The number of carbonyl (C=O) groups excluding carboxylic acids is 2. The van der Waals surface area contributed by atoms with E-state index in [1.165, 1.54) is 7.11 Å². The molecule has 1 aromatic rings. The van der Waals surface area contributed by atoms with E-state index >= 15 is 0 Å². The van der Waals surface area contributed by atoms with Crippen molar-refractivity contribution in [3.8, 4) is 0 Å². The lowest BCUT2D eigenvalue weighted by Crippen LogP contribution is -2.47. The molecule has 5 nitrogen and oxygen atoms in total. The van der Waals surface area contributed by atoms with Gasteiger partial charge in [0.25, 0.3) is 0 Å². The fourth-order valence-electron chi connectivity index (χ4n) is 2.53. The molecular weight excluding hydrogens is 294 g/mol. The highest BCUT2D eigenvalue weighted by Gasteiger charge is 2.26. The zero-order valence-corrected chi connectivity index (χ0v) is 14.6. The second-order valence-corrected chi connectivity index (χ2v) is 6.30. The summed E-state index contributed by atoms with van der Waals surface area (Å²) in [4.78, 5) is 24.1. The molecule has 0 aliphatic carbocycles. The lowest BCUT2D eigenvalue weighted by atomic mass is 9.96. The van der Waals surface area contributed by atoms with Crippen molar-refractivity contribution in [3.63, 3.8) is 0 Å². The van der Waals surface area contributed by atoms with Gasteiger partial charge in [-0.1, -0.05) is 32.0 Å². The van der Waals surface area contributed by atoms with Crippen LogP contribution in [-0.4, -0.2) is 36.2 Å². The molecule has 0 saturated carbocycles. The molecule has 0 fully saturated rings. The minimum absolute atomic E-state index is 0.186. The molecule has 2 atom stereocenters. The van der Waals surface area contributed by atoms with Gasteiger partial charge in [-0.05, 0) is 42.9 Å². The van der Waals surface area contributed by atoms with E-state index in [1.54, 1.807) is 0 Å². The summed E-state index contributed by atoms with van der Waals surface area (Å²) in [7, 11) is 1.29. The maximum Gasteiger partial charge on any atom is 0.328 e. The van der Waals surface area contributed by atoms with Crippen LogP contribution in [0.25, 0.3) is 0 Å². The minimum atomic E-state index is -1.12. The zero-order valence-electron chi connectivity index (χ0n) is 14.6. The standard InChI is InChI=1S/C18H27NO4/c1-11(2)9-16(20)17(21)19-15(18(22)23-5)10-14-12(3)7-6-8-13(14)4/h6-8,11,15-16,20H,9-10H2,1-5H3,(H,19,21)/t15-,16-/m1/s1. The van der Waals surface area contributed by atoms with Crippen molar-refractivity contribution in [1.82, 2.24) is 5.32 Å². The van der Waals surface area contributed by atoms with E-state index in [-0.39, 0.29) is 5.92 Å². The number of nitrogens with one attached hydrogen (secondary N) is 1. The van der Waals surface area contributed by atoms with Gasteiger partial charge in [0.15, 0.2) is 0 Å². The van der Waals surface area contributed by atoms with Gasteiger partial charge in [0, 0.05) is 6.42 Å². The number of hydrogen-bond acceptors (Lipinski definition) is 4. The van der Waals surface area contributed by atoms with Crippen LogP contribution in [0.5, 0.6) is 0 Å². The van der Waals surface area contributed by atoms with Crippen LogP contribution in [0.3, 0.4) is 0 Å². The number of aryl methyl sites for hydroxylation is 2. The van der Waals surface area contributed by atoms with Crippen molar-refractivity contribution in [3.05, 3.63) is 34.9 Å². The fourth-order valence-corrected chi connectivity index (χ4v) is 2.53. The highest BCUT2D eigenvalue weighted by Crippen LogP contribution is 2.16. The van der Waals surface area contributed by atoms with Gasteiger partial charge >= 0.3 is 5.97 Å². The van der Waals surface area contributed by atoms with Crippen molar-refractivity contribution in [1.29, 1.82) is 0 Å². The van der Waals surface area contributed by atoms with Crippen LogP contribution in [0.1, 0.15) is 37.0 Å². The topological polar surface area (TPSA) is 75.6 Å². The molecule has 5 heteroatoms. The van der Waals surface area contributed by atoms with Crippen molar-refractivity contribution >= 4 is 11.9 Å². The molecule has 2 N–H and O–H groups in total. The monoisotopic (exact) mass is 321 g/mol. The van der Waals surface area contributed by atoms with E-state index in [2.05, 4.69) is 5.32 Å². The molecule has 0 aromatic heterocycles. The molecule has 1 aromatic carbocycles. The largest absolute Gasteiger partial charge is 0.467 e. The third-order valence-electron chi connectivity index (χ3n) is 3.85. The first kappa shape index (κ1) is 19.2. The number of carbonyl (C=O) groups is 2. The van der Waals surface area contributed by atoms with E-state index in [9.17, 15) is 14.7 Å². The first-order valence-electron chi connectivity index (χ1n) is 7.87. The molecule has 0 aliphatic rings. The number of benzene rings is 1. The highest BCUT2D eigenvalue weighted by atomic mass is 16.5. The van der Waals surface area contributed by atoms with Crippen LogP contribution in [0.15, 0.2) is 18.2 Å². The smallest absolute Gasteiger partial charge is 0.328 e. The summed E-state index contributed by atoms with van der Waals surface area (Å²) >= 11 is 0. The second kappa shape index (κ2) is 8.67. The van der Waals surface area contributed by atoms with Gasteiger partial charge < -0.3 is 15.2 Å². The van der Waals surface area contributed by atoms with Crippen LogP contribution in [0, 0.1) is 19.8 Å². The summed E-state index contributed by atoms with van der Waals surface area (Å²) in [6.45, 7) is 7.77. The molecule has 0 aliphatic heterocycles. The van der Waals surface area contributed by atoms with E-state index < -0.39 is 24.0 Å². The van der Waals surface area contributed by atoms with Gasteiger partial charge in [0.1, 0.15) is 12.1 Å². The summed E-state index contributed by atoms with van der Waals surface area (Å²) in [5.74, 6) is -0.871. The molecule has 23 heavy (non-hydrogen) atoms. The number of aliphatic hydroxyl groups excluding tert-OH is 1. The van der Waals surface area contributed by atoms with Gasteiger partial charge in [0.2, 0.25) is 5.91 Å². The SMILES string of the molecule is COC(=O)[C@@H](Cc1c(C)cccc1C)NC(=O)[C@H](O)CC(C)C. The van der Waals surface area contributed by atoms with E-state index in [0.717, 1.165) is 16.7 Å². The molecule has 1 amide bonds. The molecule has 0 bridgehead atoms. The van der Waals surface area contributed by atoms with Gasteiger partial charge in [-0.3, -0.25) is 4.79 Å². The lowest BCUT2D eigenvalue weighted by Gasteiger charge is -2.21. The number of ether oxygens (including phenoxy) is 1. The van der Waals surface area contributed by atoms with Crippen molar-refractivity contribution in [2.24, 2.45) is 5.92 Å². The number of esters is 1. The normalized spacial score (nSPS) is 13.5. The number of rotatable bonds is 7. The molecule has 1 rings (SSSR count). The molecule has 0 radical (unpaired) electrons. The van der Waals surface area contributed by atoms with Crippen molar-refractivity contribution < 1.29 is 19.4 Å². The Morgan fingerprint density at radius 1 is 1.22 bits per heavy atom. The third kappa shape index (κ3) is 5.67. The van der Waals surface area contributed by atoms with Crippen molar-refractivity contribution in [2.45, 2.75) is 52.7 Å². The maximum atomic E-state index is 12.1. The molecule has 0 saturated heterocycles. The Hall–Kier alpha value is -1.88. The van der Waals surface area contributed by atoms with E-state index in [1.807, 2.05) is 45.9 Å². The van der Waals surface area contributed by atoms with Gasteiger partial charge in [-0.25, -0.2) is 4.79 Å². The average molecular weight is 321 g/mol. The Bertz CT molecular complexity index is 534. The zero-order chi connectivity index (χ0) is 17.6. The highest BCUT2D eigenvalue weighted by molar-refractivity contribution is 5.87. The molecule has 0 unspecified atom stereocenters. The number of aliphatic hydroxyl groups is 1. The van der Waals surface area contributed by atoms with Gasteiger partial charge in [-0.2, -0.15) is 0 Å². The first-order chi connectivity index (χ1) is 10.8. The van der Waals surface area contributed by atoms with E-state index in [0.29, 0.717) is 12.8 Å². The second-order valence-electron chi connectivity index (χ2n) is 6.30. The van der Waals surface area contributed by atoms with Gasteiger partial charge in [-0.15, -0.1) is 0 Å². The third-order valence-corrected chi connectivity index (χ3v) is 3.85. The van der Waals surface area contributed by atoms with Crippen LogP contribution >= 0.6 is 0 Å². The summed E-state index contributed by atoms with van der Waals surface area (Å²) in [5, 5.41) is 12.5. The van der Waals surface area contributed by atoms with E-state index in [4.69, 9.17) is 4.74 Å². The maximum absolute atomic E-state index is 12.1. The summed E-state index contributed by atoms with van der Waals surface area (Å²) in [6, 6.07) is 5.07. The Kier molecular flexibility index (Phi) is 7.23. The van der Waals surface area contributed by atoms with Crippen LogP contribution in [-0.2, 0) is 20.7 Å². The number of amides is 1. The average Bonchev–Trinajstić information content (AvgIpc) is 2.48. The predicted molar refractivity (Wildman–Crippen MR) is 89.0 cm³/mol. The minimum Gasteiger partial charge on any atom is -0.467 e. The first-order valence-corrected chi connectivity index (χ1v) is 7.87. The Morgan fingerprint density at radius 3 is 2.26 bits per heavy atom. The summed E-state index contributed by atoms with van der Waals surface area (Å²) in [6.07, 6.45) is -0.436.